The number of hydrogen-bond donors (Lipinski definition) is 1. The number of ether oxygens (including phenoxy) is 1. The SMILES string of the molecule is O=C(c1noc2ccc(S(=O)(=O)NCc3ccccc3)cc12)N1CCOCC1. The largest absolute Gasteiger partial charge is 0.378 e. The van der Waals surface area contributed by atoms with Crippen molar-refractivity contribution >= 4 is 26.9 Å². The minimum atomic E-state index is -3.76. The molecule has 0 bridgehead atoms. The molecule has 0 spiro atoms. The van der Waals surface area contributed by atoms with Crippen LogP contribution < -0.4 is 4.72 Å². The summed E-state index contributed by atoms with van der Waals surface area (Å²) < 4.78 is 38.4. The number of carbonyl (C=O) groups excluding carboxylic acids is 1. The van der Waals surface area contributed by atoms with E-state index in [-0.39, 0.29) is 23.0 Å². The Morgan fingerprint density at radius 1 is 1.11 bits per heavy atom. The number of aromatic nitrogens is 1. The van der Waals surface area contributed by atoms with Crippen LogP contribution in [0.5, 0.6) is 0 Å². The maximum absolute atomic E-state index is 12.7. The fraction of sp³-hybridized carbons (Fsp3) is 0.263. The summed E-state index contributed by atoms with van der Waals surface area (Å²) in [6.45, 7) is 2.02. The van der Waals surface area contributed by atoms with Crippen LogP contribution in [0.15, 0.2) is 57.9 Å². The number of rotatable bonds is 5. The average Bonchev–Trinajstić information content (AvgIpc) is 3.16. The van der Waals surface area contributed by atoms with Crippen LogP contribution in [0, 0.1) is 0 Å². The Balaban J connectivity index is 1.60. The first-order valence-corrected chi connectivity index (χ1v) is 10.3. The number of nitrogens with zero attached hydrogens (tertiary/aromatic N) is 2. The van der Waals surface area contributed by atoms with Crippen LogP contribution in [0.2, 0.25) is 0 Å². The highest BCUT2D eigenvalue weighted by molar-refractivity contribution is 7.89. The van der Waals surface area contributed by atoms with E-state index in [4.69, 9.17) is 9.26 Å². The third kappa shape index (κ3) is 3.77. The first kappa shape index (κ1) is 18.6. The predicted molar refractivity (Wildman–Crippen MR) is 101 cm³/mol. The van der Waals surface area contributed by atoms with Gasteiger partial charge in [-0.25, -0.2) is 13.1 Å². The molecule has 8 nitrogen and oxygen atoms in total. The Labute approximate surface area is 162 Å². The van der Waals surface area contributed by atoms with Gasteiger partial charge in [0, 0.05) is 19.6 Å². The molecule has 1 aliphatic rings. The lowest BCUT2D eigenvalue weighted by atomic mass is 10.2. The Hall–Kier alpha value is -2.75. The standard InChI is InChI=1S/C19H19N3O5S/c23-19(22-8-10-26-11-9-22)18-16-12-15(6-7-17(16)27-21-18)28(24,25)20-13-14-4-2-1-3-5-14/h1-7,12,20H,8-11,13H2. The summed E-state index contributed by atoms with van der Waals surface area (Å²) in [5, 5.41) is 4.24. The zero-order valence-electron chi connectivity index (χ0n) is 15.0. The topological polar surface area (TPSA) is 102 Å². The van der Waals surface area contributed by atoms with E-state index in [0.29, 0.717) is 37.3 Å². The molecule has 0 atom stereocenters. The van der Waals surface area contributed by atoms with Crippen LogP contribution in [0.3, 0.4) is 0 Å². The zero-order valence-corrected chi connectivity index (χ0v) is 15.8. The van der Waals surface area contributed by atoms with Crippen molar-refractivity contribution in [1.82, 2.24) is 14.8 Å². The molecule has 3 aromatic rings. The molecule has 2 heterocycles. The van der Waals surface area contributed by atoms with Gasteiger partial charge in [0.05, 0.1) is 23.5 Å². The molecule has 146 valence electrons. The lowest BCUT2D eigenvalue weighted by molar-refractivity contribution is 0.0297. The maximum Gasteiger partial charge on any atom is 0.276 e. The molecule has 1 aromatic heterocycles. The number of sulfonamides is 1. The van der Waals surface area contributed by atoms with E-state index in [2.05, 4.69) is 9.88 Å². The van der Waals surface area contributed by atoms with Crippen molar-refractivity contribution < 1.29 is 22.5 Å². The van der Waals surface area contributed by atoms with Crippen LogP contribution in [-0.4, -0.2) is 50.7 Å². The molecule has 4 rings (SSSR count). The van der Waals surface area contributed by atoms with Crippen LogP contribution in [0.1, 0.15) is 16.1 Å². The van der Waals surface area contributed by atoms with Crippen molar-refractivity contribution in [3.05, 3.63) is 59.8 Å². The Morgan fingerprint density at radius 3 is 2.61 bits per heavy atom. The van der Waals surface area contributed by atoms with E-state index >= 15 is 0 Å². The average molecular weight is 401 g/mol. The molecule has 1 fully saturated rings. The number of nitrogens with one attached hydrogen (secondary N) is 1. The summed E-state index contributed by atoms with van der Waals surface area (Å²) in [6.07, 6.45) is 0. The first-order valence-electron chi connectivity index (χ1n) is 8.85. The van der Waals surface area contributed by atoms with Gasteiger partial charge in [-0.2, -0.15) is 0 Å². The summed E-state index contributed by atoms with van der Waals surface area (Å²) in [5.41, 5.74) is 1.32. The second-order valence-electron chi connectivity index (χ2n) is 6.40. The van der Waals surface area contributed by atoms with E-state index in [1.807, 2.05) is 30.3 Å². The van der Waals surface area contributed by atoms with Gasteiger partial charge in [-0.15, -0.1) is 0 Å². The second-order valence-corrected chi connectivity index (χ2v) is 8.17. The van der Waals surface area contributed by atoms with Crippen molar-refractivity contribution in [1.29, 1.82) is 0 Å². The fourth-order valence-corrected chi connectivity index (χ4v) is 4.06. The molecule has 28 heavy (non-hydrogen) atoms. The van der Waals surface area contributed by atoms with Gasteiger partial charge < -0.3 is 14.2 Å². The molecule has 1 amide bonds. The van der Waals surface area contributed by atoms with E-state index < -0.39 is 10.0 Å². The summed E-state index contributed by atoms with van der Waals surface area (Å²) in [4.78, 5) is 14.4. The number of carbonyl (C=O) groups is 1. The Bertz CT molecular complexity index is 1090. The molecule has 0 saturated carbocycles. The van der Waals surface area contributed by atoms with Crippen molar-refractivity contribution in [3.8, 4) is 0 Å². The smallest absolute Gasteiger partial charge is 0.276 e. The number of fused-ring (bicyclic) bond motifs is 1. The lowest BCUT2D eigenvalue weighted by Gasteiger charge is -2.25. The van der Waals surface area contributed by atoms with E-state index in [1.54, 1.807) is 4.90 Å². The van der Waals surface area contributed by atoms with E-state index in [1.165, 1.54) is 18.2 Å². The van der Waals surface area contributed by atoms with Crippen LogP contribution in [0.25, 0.3) is 11.0 Å². The maximum atomic E-state index is 12.7. The monoisotopic (exact) mass is 401 g/mol. The summed E-state index contributed by atoms with van der Waals surface area (Å²) in [5.74, 6) is -0.297. The summed E-state index contributed by atoms with van der Waals surface area (Å²) >= 11 is 0. The molecule has 0 radical (unpaired) electrons. The van der Waals surface area contributed by atoms with Gasteiger partial charge in [0.15, 0.2) is 11.3 Å². The lowest BCUT2D eigenvalue weighted by Crippen LogP contribution is -2.40. The van der Waals surface area contributed by atoms with Crippen molar-refractivity contribution in [2.24, 2.45) is 0 Å². The molecule has 1 aliphatic heterocycles. The number of amides is 1. The summed E-state index contributed by atoms with van der Waals surface area (Å²) in [6, 6.07) is 13.6. The molecule has 9 heteroatoms. The normalized spacial score (nSPS) is 15.1. The Kier molecular flexibility index (Phi) is 5.12. The van der Waals surface area contributed by atoms with Crippen LogP contribution in [-0.2, 0) is 21.3 Å². The van der Waals surface area contributed by atoms with Crippen LogP contribution in [0.4, 0.5) is 0 Å². The van der Waals surface area contributed by atoms with Crippen LogP contribution >= 0.6 is 0 Å². The van der Waals surface area contributed by atoms with E-state index in [9.17, 15) is 13.2 Å². The Morgan fingerprint density at radius 2 is 1.86 bits per heavy atom. The molecular formula is C19H19N3O5S. The van der Waals surface area contributed by atoms with Gasteiger partial charge in [0.1, 0.15) is 0 Å². The predicted octanol–water partition coefficient (Wildman–Crippen LogP) is 1.78. The molecule has 2 aromatic carbocycles. The molecule has 1 N–H and O–H groups in total. The van der Waals surface area contributed by atoms with Gasteiger partial charge in [0.25, 0.3) is 5.91 Å². The first-order chi connectivity index (χ1) is 13.5. The number of morpholine rings is 1. The third-order valence-corrected chi connectivity index (χ3v) is 5.96. The highest BCUT2D eigenvalue weighted by atomic mass is 32.2. The quantitative estimate of drug-likeness (QED) is 0.699. The highest BCUT2D eigenvalue weighted by Crippen LogP contribution is 2.24. The highest BCUT2D eigenvalue weighted by Gasteiger charge is 2.25. The van der Waals surface area contributed by atoms with Gasteiger partial charge in [0.2, 0.25) is 10.0 Å². The fourth-order valence-electron chi connectivity index (χ4n) is 3.01. The van der Waals surface area contributed by atoms with Gasteiger partial charge in [-0.3, -0.25) is 4.79 Å². The minimum absolute atomic E-state index is 0.0511. The molecular weight excluding hydrogens is 382 g/mol. The molecule has 1 saturated heterocycles. The van der Waals surface area contributed by atoms with E-state index in [0.717, 1.165) is 5.56 Å². The van der Waals surface area contributed by atoms with Crippen molar-refractivity contribution in [3.63, 3.8) is 0 Å². The third-order valence-electron chi connectivity index (χ3n) is 4.56. The van der Waals surface area contributed by atoms with Gasteiger partial charge >= 0.3 is 0 Å². The number of benzene rings is 2. The number of hydrogen-bond acceptors (Lipinski definition) is 6. The van der Waals surface area contributed by atoms with Gasteiger partial charge in [-0.1, -0.05) is 35.5 Å². The van der Waals surface area contributed by atoms with Crippen molar-refractivity contribution in [2.75, 3.05) is 26.3 Å². The summed E-state index contributed by atoms with van der Waals surface area (Å²) in [7, 11) is -3.76. The minimum Gasteiger partial charge on any atom is -0.378 e. The second kappa shape index (κ2) is 7.70. The zero-order chi connectivity index (χ0) is 19.6. The van der Waals surface area contributed by atoms with Gasteiger partial charge in [-0.05, 0) is 23.8 Å². The molecule has 0 aliphatic carbocycles. The molecule has 0 unspecified atom stereocenters. The van der Waals surface area contributed by atoms with Crippen molar-refractivity contribution in [2.45, 2.75) is 11.4 Å².